The number of alkyl halides is 3. The van der Waals surface area contributed by atoms with E-state index in [2.05, 4.69) is 20.6 Å². The molecule has 0 aliphatic rings. The van der Waals surface area contributed by atoms with Gasteiger partial charge in [0.05, 0.1) is 5.56 Å². The number of aryl methyl sites for hydroxylation is 1. The number of anilines is 2. The summed E-state index contributed by atoms with van der Waals surface area (Å²) >= 11 is 0. The molecule has 0 spiro atoms. The number of carbonyl (C=O) groups excluding carboxylic acids is 1. The third kappa shape index (κ3) is 5.06. The van der Waals surface area contributed by atoms with Gasteiger partial charge in [0.2, 0.25) is 5.95 Å². The first-order valence-corrected chi connectivity index (χ1v) is 8.42. The van der Waals surface area contributed by atoms with Gasteiger partial charge >= 0.3 is 6.18 Å². The summed E-state index contributed by atoms with van der Waals surface area (Å²) in [4.78, 5) is 20.5. The number of nitrogens with zero attached hydrogens (tertiary/aromatic N) is 2. The molecule has 0 saturated carbocycles. The molecule has 8 heteroatoms. The van der Waals surface area contributed by atoms with Crippen molar-refractivity contribution < 1.29 is 18.0 Å². The Kier molecular flexibility index (Phi) is 5.58. The topological polar surface area (TPSA) is 66.9 Å². The summed E-state index contributed by atoms with van der Waals surface area (Å²) in [5.41, 5.74) is 1.40. The highest BCUT2D eigenvalue weighted by atomic mass is 19.4. The van der Waals surface area contributed by atoms with E-state index < -0.39 is 17.6 Å². The molecule has 3 rings (SSSR count). The summed E-state index contributed by atoms with van der Waals surface area (Å²) in [6.45, 7) is 2.46. The molecular weight excluding hydrogens is 369 g/mol. The number of halogens is 3. The number of hydrogen-bond acceptors (Lipinski definition) is 4. The minimum absolute atomic E-state index is 0.0348. The normalized spacial score (nSPS) is 11.1. The summed E-state index contributed by atoms with van der Waals surface area (Å²) in [7, 11) is 0. The van der Waals surface area contributed by atoms with Gasteiger partial charge in [-0.2, -0.15) is 13.2 Å². The zero-order valence-corrected chi connectivity index (χ0v) is 14.9. The van der Waals surface area contributed by atoms with Crippen molar-refractivity contribution in [2.75, 3.05) is 10.6 Å². The molecule has 28 heavy (non-hydrogen) atoms. The molecular formula is C20H17F3N4O. The minimum atomic E-state index is -4.48. The highest BCUT2D eigenvalue weighted by Crippen LogP contribution is 2.30. The van der Waals surface area contributed by atoms with Crippen LogP contribution < -0.4 is 10.6 Å². The van der Waals surface area contributed by atoms with Crippen LogP contribution in [0, 0.1) is 6.92 Å². The molecule has 1 aromatic heterocycles. The Morgan fingerprint density at radius 3 is 2.54 bits per heavy atom. The lowest BCUT2D eigenvalue weighted by atomic mass is 10.1. The van der Waals surface area contributed by atoms with Crippen molar-refractivity contribution in [3.63, 3.8) is 0 Å². The molecule has 5 nitrogen and oxygen atoms in total. The van der Waals surface area contributed by atoms with Gasteiger partial charge < -0.3 is 10.6 Å². The fourth-order valence-corrected chi connectivity index (χ4v) is 2.43. The van der Waals surface area contributed by atoms with Gasteiger partial charge in [-0.1, -0.05) is 35.9 Å². The maximum atomic E-state index is 12.8. The van der Waals surface area contributed by atoms with Gasteiger partial charge in [-0.25, -0.2) is 9.97 Å². The quantitative estimate of drug-likeness (QED) is 0.669. The summed E-state index contributed by atoms with van der Waals surface area (Å²) in [5.74, 6) is -0.377. The highest BCUT2D eigenvalue weighted by Gasteiger charge is 2.30. The third-order valence-corrected chi connectivity index (χ3v) is 3.91. The van der Waals surface area contributed by atoms with Gasteiger partial charge in [0.1, 0.15) is 5.69 Å². The second-order valence-corrected chi connectivity index (χ2v) is 6.14. The lowest BCUT2D eigenvalue weighted by Crippen LogP contribution is -2.16. The summed E-state index contributed by atoms with van der Waals surface area (Å²) in [6.07, 6.45) is -3.08. The number of benzene rings is 2. The second-order valence-electron chi connectivity index (χ2n) is 6.14. The second kappa shape index (κ2) is 8.08. The van der Waals surface area contributed by atoms with E-state index >= 15 is 0 Å². The minimum Gasteiger partial charge on any atom is -0.350 e. The largest absolute Gasteiger partial charge is 0.416 e. The van der Waals surface area contributed by atoms with Crippen molar-refractivity contribution in [3.8, 4) is 0 Å². The maximum Gasteiger partial charge on any atom is 0.416 e. The van der Waals surface area contributed by atoms with E-state index in [9.17, 15) is 18.0 Å². The van der Waals surface area contributed by atoms with Crippen LogP contribution >= 0.6 is 0 Å². The molecule has 3 aromatic rings. The third-order valence-electron chi connectivity index (χ3n) is 3.91. The zero-order chi connectivity index (χ0) is 20.1. The molecule has 0 fully saturated rings. The molecule has 0 bridgehead atoms. The first-order chi connectivity index (χ1) is 13.3. The van der Waals surface area contributed by atoms with Crippen LogP contribution in [0.4, 0.5) is 24.8 Å². The molecule has 2 aromatic carbocycles. The van der Waals surface area contributed by atoms with E-state index in [-0.39, 0.29) is 17.3 Å². The Morgan fingerprint density at radius 1 is 1.07 bits per heavy atom. The molecule has 0 unspecified atom stereocenters. The molecule has 0 aliphatic heterocycles. The summed E-state index contributed by atoms with van der Waals surface area (Å²) < 4.78 is 38.4. The van der Waals surface area contributed by atoms with Crippen molar-refractivity contribution >= 4 is 17.5 Å². The van der Waals surface area contributed by atoms with Crippen LogP contribution in [0.5, 0.6) is 0 Å². The monoisotopic (exact) mass is 386 g/mol. The van der Waals surface area contributed by atoms with E-state index in [0.29, 0.717) is 6.54 Å². The van der Waals surface area contributed by atoms with E-state index in [1.807, 2.05) is 31.2 Å². The Morgan fingerprint density at radius 2 is 1.82 bits per heavy atom. The molecule has 144 valence electrons. The van der Waals surface area contributed by atoms with Gasteiger partial charge in [0, 0.05) is 18.4 Å². The van der Waals surface area contributed by atoms with Crippen LogP contribution in [0.2, 0.25) is 0 Å². The molecule has 0 aliphatic carbocycles. The van der Waals surface area contributed by atoms with Crippen LogP contribution in [-0.2, 0) is 12.7 Å². The van der Waals surface area contributed by atoms with Gasteiger partial charge in [0.25, 0.3) is 5.91 Å². The number of aromatic nitrogens is 2. The summed E-state index contributed by atoms with van der Waals surface area (Å²) in [6, 6.07) is 13.7. The lowest BCUT2D eigenvalue weighted by molar-refractivity contribution is -0.137. The number of carbonyl (C=O) groups is 1. The fraction of sp³-hybridized carbons (Fsp3) is 0.150. The first-order valence-electron chi connectivity index (χ1n) is 8.42. The predicted molar refractivity (Wildman–Crippen MR) is 99.9 cm³/mol. The van der Waals surface area contributed by atoms with Gasteiger partial charge in [-0.15, -0.1) is 0 Å². The SMILES string of the molecule is Cc1ccc(CNc2nccc(C(=O)Nc3cccc(C(F)(F)F)c3)n2)cc1. The lowest BCUT2D eigenvalue weighted by Gasteiger charge is -2.10. The molecule has 2 N–H and O–H groups in total. The van der Waals surface area contributed by atoms with Gasteiger partial charge in [-0.3, -0.25) is 4.79 Å². The Bertz CT molecular complexity index is 972. The smallest absolute Gasteiger partial charge is 0.350 e. The van der Waals surface area contributed by atoms with Crippen LogP contribution in [0.25, 0.3) is 0 Å². The first kappa shape index (κ1) is 19.3. The number of nitrogens with one attached hydrogen (secondary N) is 2. The van der Waals surface area contributed by atoms with Crippen molar-refractivity contribution in [1.29, 1.82) is 0 Å². The van der Waals surface area contributed by atoms with E-state index in [1.165, 1.54) is 24.4 Å². The van der Waals surface area contributed by atoms with Crippen molar-refractivity contribution in [3.05, 3.63) is 83.2 Å². The number of rotatable bonds is 5. The highest BCUT2D eigenvalue weighted by molar-refractivity contribution is 6.03. The van der Waals surface area contributed by atoms with Crippen molar-refractivity contribution in [2.45, 2.75) is 19.6 Å². The molecule has 0 saturated heterocycles. The van der Waals surface area contributed by atoms with Gasteiger partial charge in [-0.05, 0) is 36.8 Å². The Balaban J connectivity index is 1.67. The van der Waals surface area contributed by atoms with E-state index in [4.69, 9.17) is 0 Å². The average Bonchev–Trinajstić information content (AvgIpc) is 2.67. The van der Waals surface area contributed by atoms with Crippen molar-refractivity contribution in [2.24, 2.45) is 0 Å². The molecule has 1 amide bonds. The molecule has 0 atom stereocenters. The number of hydrogen-bond donors (Lipinski definition) is 2. The van der Waals surface area contributed by atoms with Crippen molar-refractivity contribution in [1.82, 2.24) is 9.97 Å². The van der Waals surface area contributed by atoms with Crippen LogP contribution in [0.15, 0.2) is 60.8 Å². The van der Waals surface area contributed by atoms with Crippen LogP contribution in [0.3, 0.4) is 0 Å². The standard InChI is InChI=1S/C20H17F3N4O/c1-13-5-7-14(8-6-13)12-25-19-24-10-9-17(27-19)18(28)26-16-4-2-3-15(11-16)20(21,22)23/h2-11H,12H2,1H3,(H,26,28)(H,24,25,27). The van der Waals surface area contributed by atoms with Crippen LogP contribution in [0.1, 0.15) is 27.2 Å². The summed E-state index contributed by atoms with van der Waals surface area (Å²) in [5, 5.41) is 5.44. The number of amides is 1. The molecule has 0 radical (unpaired) electrons. The molecule has 1 heterocycles. The Labute approximate surface area is 159 Å². The fourth-order valence-electron chi connectivity index (χ4n) is 2.43. The predicted octanol–water partition coefficient (Wildman–Crippen LogP) is 4.67. The van der Waals surface area contributed by atoms with Crippen LogP contribution in [-0.4, -0.2) is 15.9 Å². The van der Waals surface area contributed by atoms with E-state index in [1.54, 1.807) is 0 Å². The average molecular weight is 386 g/mol. The van der Waals surface area contributed by atoms with Gasteiger partial charge in [0.15, 0.2) is 0 Å². The Hall–Kier alpha value is -3.42. The van der Waals surface area contributed by atoms with E-state index in [0.717, 1.165) is 23.3 Å². The zero-order valence-electron chi connectivity index (χ0n) is 14.9. The maximum absolute atomic E-state index is 12.8.